The third-order valence-corrected chi connectivity index (χ3v) is 9.00. The predicted octanol–water partition coefficient (Wildman–Crippen LogP) is 4.23. The highest BCUT2D eigenvalue weighted by Gasteiger charge is 2.49. The van der Waals surface area contributed by atoms with Crippen molar-refractivity contribution in [2.24, 2.45) is 0 Å². The molecular formula is C38H42N4O9. The van der Waals surface area contributed by atoms with E-state index in [4.69, 9.17) is 18.6 Å². The molecule has 0 fully saturated rings. The van der Waals surface area contributed by atoms with Gasteiger partial charge in [0.25, 0.3) is 11.8 Å². The minimum Gasteiger partial charge on any atom is -0.497 e. The average Bonchev–Trinajstić information content (AvgIpc) is 3.65. The average molecular weight is 699 g/mol. The lowest BCUT2D eigenvalue weighted by molar-refractivity contribution is -0.177. The summed E-state index contributed by atoms with van der Waals surface area (Å²) in [6.07, 6.45) is 0.928. The summed E-state index contributed by atoms with van der Waals surface area (Å²) in [5.74, 6) is 1.20. The number of methoxy groups -OCH3 is 1. The van der Waals surface area contributed by atoms with Crippen LogP contribution in [0, 0.1) is 0 Å². The molecule has 0 bridgehead atoms. The van der Waals surface area contributed by atoms with Crippen molar-refractivity contribution in [1.82, 2.24) is 20.1 Å². The van der Waals surface area contributed by atoms with Crippen molar-refractivity contribution in [2.75, 3.05) is 20.2 Å². The molecule has 2 atom stereocenters. The van der Waals surface area contributed by atoms with Gasteiger partial charge in [-0.15, -0.1) is 0 Å². The van der Waals surface area contributed by atoms with Crippen molar-refractivity contribution in [1.29, 1.82) is 0 Å². The number of aromatic nitrogens is 1. The van der Waals surface area contributed by atoms with Crippen molar-refractivity contribution in [3.63, 3.8) is 0 Å². The summed E-state index contributed by atoms with van der Waals surface area (Å²) >= 11 is 0. The molecule has 3 heterocycles. The molecule has 268 valence electrons. The van der Waals surface area contributed by atoms with Crippen LogP contribution >= 0.6 is 0 Å². The van der Waals surface area contributed by atoms with Crippen LogP contribution in [0.25, 0.3) is 0 Å². The Morgan fingerprint density at radius 3 is 2.39 bits per heavy atom. The second-order valence-corrected chi connectivity index (χ2v) is 13.7. The van der Waals surface area contributed by atoms with Gasteiger partial charge in [-0.3, -0.25) is 14.5 Å². The summed E-state index contributed by atoms with van der Waals surface area (Å²) in [6, 6.07) is 17.5. The standard InChI is InChI=1S/C38H42N4O9/c1-37(2,3)51-36(46)42-21-29-16-31(49-22-32-18-39-23-50-32)12-9-27(29)17-38(42,47)33(43)19-40-34(44)26-5-6-28-20-41(14-13-25(28)15-26)35(45)24-7-10-30(48-4)11-8-24/h5-12,15-16,18,23,33,43,47H,13-14,17,19-22H2,1-4H3,(H,40,44)/t33-,38+/m1/s1. The fourth-order valence-electron chi connectivity index (χ4n) is 6.24. The number of aliphatic hydroxyl groups excluding tert-OH is 1. The quantitative estimate of drug-likeness (QED) is 0.231. The third-order valence-electron chi connectivity index (χ3n) is 9.00. The number of nitrogens with zero attached hydrogens (tertiary/aromatic N) is 3. The molecular weight excluding hydrogens is 656 g/mol. The van der Waals surface area contributed by atoms with E-state index < -0.39 is 29.4 Å². The van der Waals surface area contributed by atoms with Gasteiger partial charge in [-0.25, -0.2) is 9.78 Å². The fourth-order valence-corrected chi connectivity index (χ4v) is 6.24. The van der Waals surface area contributed by atoms with Crippen molar-refractivity contribution in [3.05, 3.63) is 112 Å². The van der Waals surface area contributed by atoms with E-state index in [-0.39, 0.29) is 32.0 Å². The van der Waals surface area contributed by atoms with Crippen LogP contribution in [0.5, 0.6) is 11.5 Å². The first-order valence-corrected chi connectivity index (χ1v) is 16.7. The van der Waals surface area contributed by atoms with Crippen LogP contribution in [0.3, 0.4) is 0 Å². The van der Waals surface area contributed by atoms with Crippen molar-refractivity contribution >= 4 is 17.9 Å². The number of hydrogen-bond acceptors (Lipinski definition) is 10. The van der Waals surface area contributed by atoms with E-state index in [2.05, 4.69) is 10.3 Å². The van der Waals surface area contributed by atoms with Gasteiger partial charge < -0.3 is 39.1 Å². The van der Waals surface area contributed by atoms with Crippen LogP contribution in [0.15, 0.2) is 77.7 Å². The SMILES string of the molecule is COc1ccc(C(=O)N2CCc3cc(C(=O)NC[C@@H](O)[C@@]4(O)Cc5ccc(OCc6cnco6)cc5CN4C(=O)OC(C)(C)C)ccc3C2)cc1. The van der Waals surface area contributed by atoms with E-state index in [0.717, 1.165) is 16.0 Å². The van der Waals surface area contributed by atoms with Crippen molar-refractivity contribution in [3.8, 4) is 11.5 Å². The topological polar surface area (TPSA) is 164 Å². The first-order valence-electron chi connectivity index (χ1n) is 16.7. The Balaban J connectivity index is 1.12. The maximum Gasteiger partial charge on any atom is 0.412 e. The lowest BCUT2D eigenvalue weighted by atomic mass is 9.87. The summed E-state index contributed by atoms with van der Waals surface area (Å²) in [6.45, 7) is 5.77. The number of aliphatic hydroxyl groups is 2. The first kappa shape index (κ1) is 35.4. The molecule has 13 heteroatoms. The molecule has 2 aliphatic heterocycles. The molecule has 2 aliphatic rings. The zero-order valence-electron chi connectivity index (χ0n) is 29.0. The van der Waals surface area contributed by atoms with Crippen LogP contribution in [0.4, 0.5) is 4.79 Å². The molecule has 4 aromatic rings. The predicted molar refractivity (Wildman–Crippen MR) is 184 cm³/mol. The smallest absolute Gasteiger partial charge is 0.412 e. The molecule has 13 nitrogen and oxygen atoms in total. The molecule has 0 saturated carbocycles. The number of rotatable bonds is 9. The van der Waals surface area contributed by atoms with Crippen LogP contribution in [0.2, 0.25) is 0 Å². The zero-order chi connectivity index (χ0) is 36.3. The Morgan fingerprint density at radius 1 is 0.961 bits per heavy atom. The van der Waals surface area contributed by atoms with Crippen LogP contribution < -0.4 is 14.8 Å². The molecule has 0 spiro atoms. The van der Waals surface area contributed by atoms with Gasteiger partial charge in [-0.2, -0.15) is 0 Å². The van der Waals surface area contributed by atoms with Crippen molar-refractivity contribution < 1.29 is 43.2 Å². The Bertz CT molecular complexity index is 1890. The van der Waals surface area contributed by atoms with Gasteiger partial charge in [-0.1, -0.05) is 12.1 Å². The molecule has 0 unspecified atom stereocenters. The van der Waals surface area contributed by atoms with Crippen LogP contribution in [0.1, 0.15) is 69.5 Å². The maximum absolute atomic E-state index is 13.4. The highest BCUT2D eigenvalue weighted by molar-refractivity contribution is 5.95. The lowest BCUT2D eigenvalue weighted by Crippen LogP contribution is -2.64. The number of carbonyl (C=O) groups is 3. The van der Waals surface area contributed by atoms with Gasteiger partial charge in [0.05, 0.1) is 19.9 Å². The van der Waals surface area contributed by atoms with E-state index in [9.17, 15) is 24.6 Å². The number of oxazole rings is 1. The van der Waals surface area contributed by atoms with E-state index in [1.807, 2.05) is 6.07 Å². The molecule has 1 aromatic heterocycles. The minimum absolute atomic E-state index is 0.0753. The number of benzene rings is 3. The number of amides is 3. The number of nitrogens with one attached hydrogen (secondary N) is 1. The summed E-state index contributed by atoms with van der Waals surface area (Å²) in [5, 5.41) is 26.1. The van der Waals surface area contributed by atoms with Gasteiger partial charge in [0, 0.05) is 37.2 Å². The first-order chi connectivity index (χ1) is 24.3. The van der Waals surface area contributed by atoms with E-state index in [0.29, 0.717) is 59.0 Å². The highest BCUT2D eigenvalue weighted by atomic mass is 16.6. The number of fused-ring (bicyclic) bond motifs is 2. The summed E-state index contributed by atoms with van der Waals surface area (Å²) in [5.41, 5.74) is 1.27. The Hall–Kier alpha value is -5.40. The monoisotopic (exact) mass is 698 g/mol. The van der Waals surface area contributed by atoms with Crippen molar-refractivity contribution in [2.45, 2.75) is 70.7 Å². The van der Waals surface area contributed by atoms with Gasteiger partial charge in [-0.05, 0) is 98.0 Å². The summed E-state index contributed by atoms with van der Waals surface area (Å²) in [4.78, 5) is 46.6. The van der Waals surface area contributed by atoms with Gasteiger partial charge in [0.1, 0.15) is 29.8 Å². The Kier molecular flexibility index (Phi) is 10.0. The Labute approximate surface area is 295 Å². The molecule has 3 aromatic carbocycles. The fraction of sp³-hybridized carbons (Fsp3) is 0.368. The molecule has 3 amide bonds. The number of ether oxygens (including phenoxy) is 3. The minimum atomic E-state index is -2.10. The largest absolute Gasteiger partial charge is 0.497 e. The third kappa shape index (κ3) is 8.00. The summed E-state index contributed by atoms with van der Waals surface area (Å²) in [7, 11) is 1.57. The number of hydrogen-bond donors (Lipinski definition) is 3. The lowest BCUT2D eigenvalue weighted by Gasteiger charge is -2.46. The summed E-state index contributed by atoms with van der Waals surface area (Å²) < 4.78 is 21.9. The second-order valence-electron chi connectivity index (χ2n) is 13.7. The number of carbonyl (C=O) groups excluding carboxylic acids is 3. The van der Waals surface area contributed by atoms with E-state index in [1.165, 1.54) is 6.39 Å². The molecule has 3 N–H and O–H groups in total. The van der Waals surface area contributed by atoms with E-state index in [1.54, 1.807) is 93.6 Å². The van der Waals surface area contributed by atoms with Crippen LogP contribution in [-0.4, -0.2) is 80.5 Å². The maximum atomic E-state index is 13.4. The van der Waals surface area contributed by atoms with Gasteiger partial charge in [0.15, 0.2) is 17.9 Å². The zero-order valence-corrected chi connectivity index (χ0v) is 29.0. The molecule has 0 radical (unpaired) electrons. The van der Waals surface area contributed by atoms with Gasteiger partial charge >= 0.3 is 6.09 Å². The highest BCUT2D eigenvalue weighted by Crippen LogP contribution is 2.35. The Morgan fingerprint density at radius 2 is 1.69 bits per heavy atom. The normalized spacial score (nSPS) is 17.5. The molecule has 51 heavy (non-hydrogen) atoms. The second kappa shape index (κ2) is 14.4. The molecule has 6 rings (SSSR count). The molecule has 0 aliphatic carbocycles. The van der Waals surface area contributed by atoms with Crippen LogP contribution in [-0.2, 0) is 37.3 Å². The molecule has 0 saturated heterocycles. The van der Waals surface area contributed by atoms with Gasteiger partial charge in [0.2, 0.25) is 0 Å². The van der Waals surface area contributed by atoms with E-state index >= 15 is 0 Å².